The molecule has 4 rings (SSSR count). The number of aliphatic hydroxyl groups is 1. The number of esters is 1. The molecule has 1 aliphatic heterocycles. The van der Waals surface area contributed by atoms with Crippen molar-refractivity contribution in [3.05, 3.63) is 65.7 Å². The first-order chi connectivity index (χ1) is 33.6. The number of hydrogen-bond acceptors (Lipinski definition) is 13. The number of rotatable bonds is 18. The highest BCUT2D eigenvalue weighted by atomic mass is 16.5. The van der Waals surface area contributed by atoms with Gasteiger partial charge in [-0.15, -0.1) is 0 Å². The van der Waals surface area contributed by atoms with Crippen molar-refractivity contribution in [2.45, 2.75) is 159 Å². The second kappa shape index (κ2) is 26.8. The van der Waals surface area contributed by atoms with Crippen LogP contribution in [0.2, 0.25) is 0 Å². The SMILES string of the molecule is CCCC(=O)NC(CC(=O)O)C(=O)NC1C(=O)NC(CCCCC(=N)N)C(=O)NC2CCC(O)C(C2=O)N(Cc2ccccc2)C(=O)N(C)C(CCc2ccc(O)cc2)C(=O)NC(C(C)C)C(=O)OC1C. The average molecular weight is 992 g/mol. The molecule has 11 N–H and O–H groups in total. The van der Waals surface area contributed by atoms with Gasteiger partial charge in [0, 0.05) is 26.4 Å². The molecule has 9 unspecified atom stereocenters. The third-order valence-corrected chi connectivity index (χ3v) is 12.5. The van der Waals surface area contributed by atoms with E-state index >= 15 is 4.79 Å². The van der Waals surface area contributed by atoms with Crippen LogP contribution in [0.5, 0.6) is 5.75 Å². The van der Waals surface area contributed by atoms with E-state index in [0.29, 0.717) is 24.0 Å². The van der Waals surface area contributed by atoms with E-state index in [1.54, 1.807) is 63.2 Å². The Balaban J connectivity index is 1.87. The van der Waals surface area contributed by atoms with E-state index < -0.39 is 120 Å². The number of phenols is 1. The fourth-order valence-corrected chi connectivity index (χ4v) is 8.47. The summed E-state index contributed by atoms with van der Waals surface area (Å²) < 4.78 is 5.82. The lowest BCUT2D eigenvalue weighted by Crippen LogP contribution is -2.64. The number of phenolic OH excluding ortho intramolecular Hbond substituents is 1. The average Bonchev–Trinajstić information content (AvgIpc) is 3.31. The number of unbranched alkanes of at least 4 members (excludes halogenated alkanes) is 1. The number of carboxylic acid groups (broad SMARTS) is 1. The van der Waals surface area contributed by atoms with Crippen LogP contribution >= 0.6 is 0 Å². The fraction of sp³-hybridized carbons (Fsp3) is 0.551. The minimum atomic E-state index is -1.87. The summed E-state index contributed by atoms with van der Waals surface area (Å²) in [7, 11) is 1.34. The molecule has 1 saturated heterocycles. The first-order valence-electron chi connectivity index (χ1n) is 23.9. The highest BCUT2D eigenvalue weighted by molar-refractivity contribution is 6.00. The Bertz CT molecular complexity index is 2230. The van der Waals surface area contributed by atoms with Gasteiger partial charge >= 0.3 is 18.0 Å². The van der Waals surface area contributed by atoms with Crippen LogP contribution in [0.3, 0.4) is 0 Å². The monoisotopic (exact) mass is 992 g/mol. The zero-order chi connectivity index (χ0) is 52.5. The number of hydrogen-bond donors (Lipinski definition) is 10. The number of ketones is 1. The number of Topliss-reactive ketones (excluding diaryl/α,β-unsaturated/α-hetero) is 1. The molecule has 2 aromatic rings. The number of ether oxygens (including phenoxy) is 1. The summed E-state index contributed by atoms with van der Waals surface area (Å²) in [5, 5.41) is 51.6. The molecule has 0 radical (unpaired) electrons. The van der Waals surface area contributed by atoms with Gasteiger partial charge < -0.3 is 62.2 Å². The molecule has 22 heteroatoms. The number of aryl methyl sites for hydroxylation is 1. The van der Waals surface area contributed by atoms with Crippen LogP contribution in [0.4, 0.5) is 4.79 Å². The van der Waals surface area contributed by atoms with E-state index in [-0.39, 0.29) is 69.5 Å². The summed E-state index contributed by atoms with van der Waals surface area (Å²) in [4.78, 5) is 128. The highest BCUT2D eigenvalue weighted by Crippen LogP contribution is 2.26. The van der Waals surface area contributed by atoms with Crippen LogP contribution in [-0.2, 0) is 56.1 Å². The Hall–Kier alpha value is -7.10. The number of carbonyl (C=O) groups excluding carboxylic acids is 8. The van der Waals surface area contributed by atoms with E-state index in [2.05, 4.69) is 26.6 Å². The molecule has 388 valence electrons. The number of amides is 7. The van der Waals surface area contributed by atoms with Crippen molar-refractivity contribution < 1.29 is 63.2 Å². The van der Waals surface area contributed by atoms with Crippen molar-refractivity contribution in [2.24, 2.45) is 11.7 Å². The van der Waals surface area contributed by atoms with E-state index in [9.17, 15) is 53.7 Å². The van der Waals surface area contributed by atoms with Crippen molar-refractivity contribution in [1.29, 1.82) is 5.41 Å². The molecule has 0 spiro atoms. The van der Waals surface area contributed by atoms with E-state index in [1.807, 2.05) is 0 Å². The van der Waals surface area contributed by atoms with Crippen LogP contribution in [0.15, 0.2) is 54.6 Å². The third kappa shape index (κ3) is 16.5. The van der Waals surface area contributed by atoms with Gasteiger partial charge in [0.2, 0.25) is 29.5 Å². The molecule has 1 heterocycles. The predicted octanol–water partition coefficient (Wildman–Crippen LogP) is 1.14. The van der Waals surface area contributed by atoms with Gasteiger partial charge in [0.15, 0.2) is 5.78 Å². The molecule has 2 bridgehead atoms. The number of carboxylic acids is 1. The van der Waals surface area contributed by atoms with Gasteiger partial charge in [0.05, 0.1) is 24.4 Å². The Morgan fingerprint density at radius 1 is 0.887 bits per heavy atom. The molecule has 7 amide bonds. The zero-order valence-electron chi connectivity index (χ0n) is 40.9. The molecule has 0 aromatic heterocycles. The molecule has 71 heavy (non-hydrogen) atoms. The molecule has 22 nitrogen and oxygen atoms in total. The summed E-state index contributed by atoms with van der Waals surface area (Å²) in [5.41, 5.74) is 6.81. The Morgan fingerprint density at radius 3 is 2.18 bits per heavy atom. The fourth-order valence-electron chi connectivity index (χ4n) is 8.47. The molecular weight excluding hydrogens is 923 g/mol. The number of urea groups is 1. The van der Waals surface area contributed by atoms with E-state index in [0.717, 1.165) is 9.80 Å². The van der Waals surface area contributed by atoms with Gasteiger partial charge in [0.1, 0.15) is 48.1 Å². The maximum Gasteiger partial charge on any atom is 0.329 e. The van der Waals surface area contributed by atoms with E-state index in [4.69, 9.17) is 15.9 Å². The largest absolute Gasteiger partial charge is 0.508 e. The molecule has 2 aliphatic rings. The normalized spacial score (nSPS) is 24.3. The first kappa shape index (κ1) is 56.5. The second-order valence-electron chi connectivity index (χ2n) is 18.4. The number of carbonyl (C=O) groups is 9. The summed E-state index contributed by atoms with van der Waals surface area (Å²) in [6.07, 6.45) is -3.10. The van der Waals surface area contributed by atoms with Crippen LogP contribution in [0.1, 0.15) is 103 Å². The number of nitrogens with one attached hydrogen (secondary N) is 6. The van der Waals surface area contributed by atoms with Crippen molar-refractivity contribution in [2.75, 3.05) is 7.05 Å². The first-order valence-corrected chi connectivity index (χ1v) is 23.9. The maximum atomic E-state index is 15.0. The summed E-state index contributed by atoms with van der Waals surface area (Å²) in [5.74, 6) is -8.71. The van der Waals surface area contributed by atoms with Gasteiger partial charge in [-0.25, -0.2) is 9.59 Å². The number of nitrogens with two attached hydrogens (primary N) is 1. The lowest BCUT2D eigenvalue weighted by molar-refractivity contribution is -0.157. The lowest BCUT2D eigenvalue weighted by Gasteiger charge is -2.42. The third-order valence-electron chi connectivity index (χ3n) is 12.5. The molecule has 9 atom stereocenters. The maximum absolute atomic E-state index is 15.0. The van der Waals surface area contributed by atoms with Crippen LogP contribution in [0, 0.1) is 11.3 Å². The number of aromatic hydroxyl groups is 1. The van der Waals surface area contributed by atoms with Crippen LogP contribution in [-0.4, -0.2) is 146 Å². The predicted molar refractivity (Wildman–Crippen MR) is 257 cm³/mol. The minimum absolute atomic E-state index is 0.00161. The second-order valence-corrected chi connectivity index (χ2v) is 18.4. The van der Waals surface area contributed by atoms with Gasteiger partial charge in [-0.3, -0.25) is 39.0 Å². The van der Waals surface area contributed by atoms with Crippen LogP contribution in [0.25, 0.3) is 0 Å². The quantitative estimate of drug-likeness (QED) is 0.0434. The van der Waals surface area contributed by atoms with Crippen molar-refractivity contribution >= 4 is 59.1 Å². The Labute approximate surface area is 412 Å². The number of nitrogens with zero attached hydrogens (tertiary/aromatic N) is 2. The molecule has 1 saturated carbocycles. The number of benzene rings is 2. The number of cyclic esters (lactones) is 1. The number of likely N-dealkylation sites (N-methyl/N-ethyl adjacent to an activating group) is 1. The smallest absolute Gasteiger partial charge is 0.329 e. The number of aliphatic carboxylic acids is 1. The standard InChI is InChI=1S/C49H69N9O13/c1-6-12-38(61)52-34(25-39(62)63)45(66)56-41-28(4)71-48(69)40(27(2)3)55-46(67)35(23-19-29-17-20-31(59)21-18-29)57(5)49(70)58(26-30-13-8-7-9-14-30)42-36(60)24-22-32(43(42)64)53-44(65)33(54-47(41)68)15-10-11-16-37(50)51/h7-9,13-14,17-18,20-21,27-28,32-36,40-42,59-60H,6,10-12,15-16,19,22-26H2,1-5H3,(H3,50,51)(H,52,61)(H,53,65)(H,54,68)(H,55,67)(H,56,66)(H,62,63). The lowest BCUT2D eigenvalue weighted by atomic mass is 9.85. The van der Waals surface area contributed by atoms with Crippen molar-refractivity contribution in [3.8, 4) is 5.75 Å². The number of fused-ring (bicyclic) bond motifs is 2. The van der Waals surface area contributed by atoms with Crippen LogP contribution < -0.4 is 32.3 Å². The number of amidine groups is 1. The molecule has 2 aromatic carbocycles. The highest BCUT2D eigenvalue weighted by Gasteiger charge is 2.46. The van der Waals surface area contributed by atoms with E-state index in [1.165, 1.54) is 26.1 Å². The Kier molecular flexibility index (Phi) is 21.3. The zero-order valence-corrected chi connectivity index (χ0v) is 40.9. The topological polar surface area (TPSA) is 340 Å². The number of aliphatic hydroxyl groups excluding tert-OH is 1. The van der Waals surface area contributed by atoms with Gasteiger partial charge in [-0.05, 0) is 81.0 Å². The Morgan fingerprint density at radius 2 is 1.56 bits per heavy atom. The summed E-state index contributed by atoms with van der Waals surface area (Å²) in [6, 6.07) is 3.22. The molecule has 1 aliphatic carbocycles. The molecule has 2 fully saturated rings. The van der Waals surface area contributed by atoms with Gasteiger partial charge in [-0.1, -0.05) is 69.7 Å². The van der Waals surface area contributed by atoms with Crippen molar-refractivity contribution in [1.82, 2.24) is 36.4 Å². The summed E-state index contributed by atoms with van der Waals surface area (Å²) >= 11 is 0. The molecular formula is C49H69N9O13. The van der Waals surface area contributed by atoms with Crippen molar-refractivity contribution in [3.63, 3.8) is 0 Å². The minimum Gasteiger partial charge on any atom is -0.508 e. The van der Waals surface area contributed by atoms with Gasteiger partial charge in [-0.2, -0.15) is 0 Å². The van der Waals surface area contributed by atoms with Gasteiger partial charge in [0.25, 0.3) is 0 Å². The summed E-state index contributed by atoms with van der Waals surface area (Å²) in [6.45, 7) is 5.90.